The van der Waals surface area contributed by atoms with Gasteiger partial charge in [0.25, 0.3) is 0 Å². The van der Waals surface area contributed by atoms with Crippen molar-refractivity contribution in [2.45, 2.75) is 70.4 Å². The summed E-state index contributed by atoms with van der Waals surface area (Å²) < 4.78 is 0. The number of nitrogens with zero attached hydrogens (tertiary/aromatic N) is 1. The highest BCUT2D eigenvalue weighted by atomic mass is 15.2. The standard InChI is InChI=1S/C14H28N2/c1-3-16(13-8-5-4-6-9-13)12-14(2)10-7-11-15-14/h13,15H,3-12H2,1-2H3. The number of rotatable bonds is 4. The van der Waals surface area contributed by atoms with E-state index in [4.69, 9.17) is 0 Å². The molecule has 16 heavy (non-hydrogen) atoms. The Morgan fingerprint density at radius 1 is 1.19 bits per heavy atom. The minimum atomic E-state index is 0.396. The van der Waals surface area contributed by atoms with E-state index in [9.17, 15) is 0 Å². The van der Waals surface area contributed by atoms with E-state index in [0.29, 0.717) is 5.54 Å². The molecule has 0 amide bonds. The molecule has 0 bridgehead atoms. The maximum Gasteiger partial charge on any atom is 0.0281 e. The van der Waals surface area contributed by atoms with Crippen molar-refractivity contribution < 1.29 is 0 Å². The summed E-state index contributed by atoms with van der Waals surface area (Å²) in [6.07, 6.45) is 9.95. The van der Waals surface area contributed by atoms with Crippen LogP contribution < -0.4 is 5.32 Å². The van der Waals surface area contributed by atoms with Gasteiger partial charge in [-0.3, -0.25) is 4.90 Å². The van der Waals surface area contributed by atoms with Crippen LogP contribution in [0.5, 0.6) is 0 Å². The minimum absolute atomic E-state index is 0.396. The number of likely N-dealkylation sites (N-methyl/N-ethyl adjacent to an activating group) is 1. The molecule has 1 atom stereocenters. The molecule has 94 valence electrons. The van der Waals surface area contributed by atoms with Crippen molar-refractivity contribution in [2.75, 3.05) is 19.6 Å². The lowest BCUT2D eigenvalue weighted by Gasteiger charge is -2.39. The van der Waals surface area contributed by atoms with Crippen LogP contribution in [0.3, 0.4) is 0 Å². The van der Waals surface area contributed by atoms with Crippen molar-refractivity contribution in [1.82, 2.24) is 10.2 Å². The highest BCUT2D eigenvalue weighted by molar-refractivity contribution is 4.93. The summed E-state index contributed by atoms with van der Waals surface area (Å²) in [5.74, 6) is 0. The number of hydrogen-bond donors (Lipinski definition) is 1. The normalized spacial score (nSPS) is 32.4. The first kappa shape index (κ1) is 12.4. The molecule has 1 N–H and O–H groups in total. The van der Waals surface area contributed by atoms with Crippen molar-refractivity contribution in [3.63, 3.8) is 0 Å². The lowest BCUT2D eigenvalue weighted by atomic mass is 9.92. The molecule has 2 nitrogen and oxygen atoms in total. The molecule has 1 aliphatic carbocycles. The maximum absolute atomic E-state index is 3.70. The monoisotopic (exact) mass is 224 g/mol. The highest BCUT2D eigenvalue weighted by Crippen LogP contribution is 2.26. The van der Waals surface area contributed by atoms with Gasteiger partial charge >= 0.3 is 0 Å². The third-order valence-electron chi connectivity index (χ3n) is 4.51. The summed E-state index contributed by atoms with van der Waals surface area (Å²) in [6.45, 7) is 8.44. The van der Waals surface area contributed by atoms with Crippen LogP contribution in [0.4, 0.5) is 0 Å². The Bertz CT molecular complexity index is 203. The average molecular weight is 224 g/mol. The number of hydrogen-bond acceptors (Lipinski definition) is 2. The number of nitrogens with one attached hydrogen (secondary N) is 1. The van der Waals surface area contributed by atoms with Gasteiger partial charge in [-0.2, -0.15) is 0 Å². The van der Waals surface area contributed by atoms with E-state index in [2.05, 4.69) is 24.1 Å². The Kier molecular flexibility index (Phi) is 4.26. The molecule has 2 aliphatic rings. The van der Waals surface area contributed by atoms with Crippen LogP contribution >= 0.6 is 0 Å². The summed E-state index contributed by atoms with van der Waals surface area (Å²) in [6, 6.07) is 0.873. The van der Waals surface area contributed by atoms with E-state index >= 15 is 0 Å². The third-order valence-corrected chi connectivity index (χ3v) is 4.51. The first-order valence-electron chi connectivity index (χ1n) is 7.22. The fourth-order valence-electron chi connectivity index (χ4n) is 3.49. The van der Waals surface area contributed by atoms with Gasteiger partial charge in [0.2, 0.25) is 0 Å². The van der Waals surface area contributed by atoms with Crippen LogP contribution in [0.1, 0.15) is 58.8 Å². The second-order valence-corrected chi connectivity index (χ2v) is 5.95. The van der Waals surface area contributed by atoms with E-state index in [1.807, 2.05) is 0 Å². The van der Waals surface area contributed by atoms with Gasteiger partial charge in [-0.05, 0) is 45.7 Å². The van der Waals surface area contributed by atoms with Crippen molar-refractivity contribution >= 4 is 0 Å². The molecule has 1 saturated heterocycles. The van der Waals surface area contributed by atoms with Crippen LogP contribution in [-0.2, 0) is 0 Å². The SMILES string of the molecule is CCN(CC1(C)CCCN1)C1CCCCC1. The second-order valence-electron chi connectivity index (χ2n) is 5.95. The molecular weight excluding hydrogens is 196 g/mol. The van der Waals surface area contributed by atoms with Gasteiger partial charge in [0.15, 0.2) is 0 Å². The lowest BCUT2D eigenvalue weighted by Crippen LogP contribution is -2.51. The molecular formula is C14H28N2. The molecule has 1 aliphatic heterocycles. The van der Waals surface area contributed by atoms with Crippen molar-refractivity contribution in [1.29, 1.82) is 0 Å². The average Bonchev–Trinajstić information content (AvgIpc) is 2.74. The van der Waals surface area contributed by atoms with Gasteiger partial charge in [-0.15, -0.1) is 0 Å². The molecule has 1 saturated carbocycles. The maximum atomic E-state index is 3.70. The Balaban J connectivity index is 1.88. The lowest BCUT2D eigenvalue weighted by molar-refractivity contribution is 0.126. The molecule has 0 aromatic rings. The molecule has 0 aromatic carbocycles. The molecule has 0 radical (unpaired) electrons. The van der Waals surface area contributed by atoms with Gasteiger partial charge in [0.1, 0.15) is 0 Å². The Morgan fingerprint density at radius 3 is 2.50 bits per heavy atom. The van der Waals surface area contributed by atoms with E-state index in [0.717, 1.165) is 6.04 Å². The van der Waals surface area contributed by atoms with Crippen molar-refractivity contribution in [3.8, 4) is 0 Å². The predicted molar refractivity (Wildman–Crippen MR) is 69.8 cm³/mol. The zero-order valence-corrected chi connectivity index (χ0v) is 11.1. The second kappa shape index (κ2) is 5.50. The van der Waals surface area contributed by atoms with Crippen LogP contribution in [0.25, 0.3) is 0 Å². The van der Waals surface area contributed by atoms with Gasteiger partial charge in [0, 0.05) is 18.1 Å². The largest absolute Gasteiger partial charge is 0.310 e. The Morgan fingerprint density at radius 2 is 1.94 bits per heavy atom. The van der Waals surface area contributed by atoms with Gasteiger partial charge in [-0.25, -0.2) is 0 Å². The highest BCUT2D eigenvalue weighted by Gasteiger charge is 2.32. The van der Waals surface area contributed by atoms with Gasteiger partial charge in [0.05, 0.1) is 0 Å². The zero-order valence-electron chi connectivity index (χ0n) is 11.1. The quantitative estimate of drug-likeness (QED) is 0.790. The summed E-state index contributed by atoms with van der Waals surface area (Å²) >= 11 is 0. The summed E-state index contributed by atoms with van der Waals surface area (Å²) in [4.78, 5) is 2.73. The van der Waals surface area contributed by atoms with Crippen molar-refractivity contribution in [2.24, 2.45) is 0 Å². The van der Waals surface area contributed by atoms with Crippen LogP contribution in [0, 0.1) is 0 Å². The van der Waals surface area contributed by atoms with E-state index in [-0.39, 0.29) is 0 Å². The smallest absolute Gasteiger partial charge is 0.0281 e. The molecule has 2 heteroatoms. The minimum Gasteiger partial charge on any atom is -0.310 e. The van der Waals surface area contributed by atoms with Gasteiger partial charge in [-0.1, -0.05) is 26.2 Å². The molecule has 1 unspecified atom stereocenters. The molecule has 2 fully saturated rings. The van der Waals surface area contributed by atoms with Crippen LogP contribution in [0.2, 0.25) is 0 Å². The Labute approximate surface area is 101 Å². The van der Waals surface area contributed by atoms with Crippen LogP contribution in [-0.4, -0.2) is 36.1 Å². The summed E-state index contributed by atoms with van der Waals surface area (Å²) in [5, 5.41) is 3.70. The zero-order chi connectivity index (χ0) is 11.4. The topological polar surface area (TPSA) is 15.3 Å². The summed E-state index contributed by atoms with van der Waals surface area (Å²) in [7, 11) is 0. The van der Waals surface area contributed by atoms with Gasteiger partial charge < -0.3 is 5.32 Å². The fourth-order valence-corrected chi connectivity index (χ4v) is 3.49. The molecule has 0 aromatic heterocycles. The molecule has 1 heterocycles. The third kappa shape index (κ3) is 2.98. The first-order chi connectivity index (χ1) is 7.73. The van der Waals surface area contributed by atoms with E-state index in [1.54, 1.807) is 0 Å². The Hall–Kier alpha value is -0.0800. The van der Waals surface area contributed by atoms with Crippen LogP contribution in [0.15, 0.2) is 0 Å². The van der Waals surface area contributed by atoms with E-state index in [1.165, 1.54) is 64.6 Å². The summed E-state index contributed by atoms with van der Waals surface area (Å²) in [5.41, 5.74) is 0.396. The fraction of sp³-hybridized carbons (Fsp3) is 1.00. The first-order valence-corrected chi connectivity index (χ1v) is 7.22. The van der Waals surface area contributed by atoms with E-state index < -0.39 is 0 Å². The predicted octanol–water partition coefficient (Wildman–Crippen LogP) is 2.78. The molecule has 2 rings (SSSR count). The van der Waals surface area contributed by atoms with Crippen molar-refractivity contribution in [3.05, 3.63) is 0 Å². The molecule has 0 spiro atoms.